The zero-order chi connectivity index (χ0) is 15.9. The van der Waals surface area contributed by atoms with Gasteiger partial charge in [-0.1, -0.05) is 12.5 Å². The first-order valence-corrected chi connectivity index (χ1v) is 7.91. The quantitative estimate of drug-likeness (QED) is 0.839. The zero-order valence-corrected chi connectivity index (χ0v) is 13.1. The molecule has 1 spiro atoms. The Morgan fingerprint density at radius 2 is 2.14 bits per heavy atom. The van der Waals surface area contributed by atoms with E-state index in [1.807, 2.05) is 6.92 Å². The third kappa shape index (κ3) is 2.07. The molecule has 0 radical (unpaired) electrons. The van der Waals surface area contributed by atoms with E-state index in [0.29, 0.717) is 6.61 Å². The summed E-state index contributed by atoms with van der Waals surface area (Å²) in [4.78, 5) is 14.4. The van der Waals surface area contributed by atoms with Crippen molar-refractivity contribution < 1.29 is 19.7 Å². The molecule has 0 saturated heterocycles. The zero-order valence-electron chi connectivity index (χ0n) is 13.1. The maximum Gasteiger partial charge on any atom is 0.257 e. The van der Waals surface area contributed by atoms with Crippen LogP contribution in [0.2, 0.25) is 0 Å². The molecule has 3 rings (SSSR count). The lowest BCUT2D eigenvalue weighted by atomic mass is 9.50. The van der Waals surface area contributed by atoms with Gasteiger partial charge in [0.25, 0.3) is 5.91 Å². The van der Waals surface area contributed by atoms with Crippen LogP contribution in [0.5, 0.6) is 11.5 Å². The Labute approximate surface area is 130 Å². The van der Waals surface area contributed by atoms with Crippen LogP contribution in [0.15, 0.2) is 18.2 Å². The van der Waals surface area contributed by atoms with Gasteiger partial charge in [0.1, 0.15) is 0 Å². The highest BCUT2D eigenvalue weighted by molar-refractivity contribution is 5.97. The summed E-state index contributed by atoms with van der Waals surface area (Å²) >= 11 is 0. The molecule has 5 heteroatoms. The summed E-state index contributed by atoms with van der Waals surface area (Å²) in [6, 6.07) is 4.62. The topological polar surface area (TPSA) is 70.0 Å². The summed E-state index contributed by atoms with van der Waals surface area (Å²) in [6.45, 7) is 2.70. The second kappa shape index (κ2) is 5.47. The van der Waals surface area contributed by atoms with Gasteiger partial charge in [-0.2, -0.15) is 0 Å². The van der Waals surface area contributed by atoms with Gasteiger partial charge in [-0.25, -0.2) is 0 Å². The van der Waals surface area contributed by atoms with Crippen molar-refractivity contribution in [3.8, 4) is 11.5 Å². The van der Waals surface area contributed by atoms with Crippen molar-refractivity contribution in [3.05, 3.63) is 23.8 Å². The second-order valence-electron chi connectivity index (χ2n) is 6.37. The Morgan fingerprint density at radius 1 is 1.41 bits per heavy atom. The van der Waals surface area contributed by atoms with Gasteiger partial charge in [-0.05, 0) is 38.3 Å². The van der Waals surface area contributed by atoms with Crippen LogP contribution in [-0.2, 0) is 4.74 Å². The number of carbonyl (C=O) groups excluding carboxylic acids is 1. The molecule has 22 heavy (non-hydrogen) atoms. The molecule has 1 aromatic rings. The molecule has 0 aliphatic heterocycles. The van der Waals surface area contributed by atoms with Gasteiger partial charge in [0.2, 0.25) is 0 Å². The third-order valence-corrected chi connectivity index (χ3v) is 5.43. The van der Waals surface area contributed by atoms with E-state index in [1.165, 1.54) is 12.5 Å². The van der Waals surface area contributed by atoms with Crippen LogP contribution in [0.3, 0.4) is 0 Å². The molecule has 2 atom stereocenters. The van der Waals surface area contributed by atoms with Gasteiger partial charge >= 0.3 is 0 Å². The highest BCUT2D eigenvalue weighted by Crippen LogP contribution is 2.59. The third-order valence-electron chi connectivity index (χ3n) is 5.43. The lowest BCUT2D eigenvalue weighted by Crippen LogP contribution is -2.67. The van der Waals surface area contributed by atoms with Crippen molar-refractivity contribution in [3.63, 3.8) is 0 Å². The molecular weight excluding hydrogens is 282 g/mol. The summed E-state index contributed by atoms with van der Waals surface area (Å²) in [5.41, 5.74) is 0.240. The molecule has 120 valence electrons. The second-order valence-corrected chi connectivity index (χ2v) is 6.37. The van der Waals surface area contributed by atoms with E-state index in [-0.39, 0.29) is 40.5 Å². The molecule has 2 aliphatic carbocycles. The fourth-order valence-electron chi connectivity index (χ4n) is 3.98. The van der Waals surface area contributed by atoms with Crippen LogP contribution < -0.4 is 0 Å². The minimum absolute atomic E-state index is 0.0901. The first-order valence-electron chi connectivity index (χ1n) is 7.91. The van der Waals surface area contributed by atoms with E-state index < -0.39 is 0 Å². The number of amides is 1. The molecule has 5 nitrogen and oxygen atoms in total. The minimum atomic E-state index is -0.345. The number of benzene rings is 1. The van der Waals surface area contributed by atoms with Crippen molar-refractivity contribution in [2.24, 2.45) is 5.41 Å². The predicted octanol–water partition coefficient (Wildman–Crippen LogP) is 2.52. The predicted molar refractivity (Wildman–Crippen MR) is 82.0 cm³/mol. The Morgan fingerprint density at radius 3 is 2.73 bits per heavy atom. The van der Waals surface area contributed by atoms with E-state index in [4.69, 9.17) is 4.74 Å². The first-order chi connectivity index (χ1) is 10.5. The Kier molecular flexibility index (Phi) is 3.77. The smallest absolute Gasteiger partial charge is 0.257 e. The monoisotopic (exact) mass is 305 g/mol. The average Bonchev–Trinajstić information content (AvgIpc) is 2.43. The van der Waals surface area contributed by atoms with Gasteiger partial charge in [-0.3, -0.25) is 4.79 Å². The summed E-state index contributed by atoms with van der Waals surface area (Å²) < 4.78 is 5.82. The molecule has 0 bridgehead atoms. The van der Waals surface area contributed by atoms with Crippen LogP contribution >= 0.6 is 0 Å². The maximum atomic E-state index is 12.7. The molecule has 0 unspecified atom stereocenters. The number of aromatic hydroxyl groups is 2. The number of hydrogen-bond acceptors (Lipinski definition) is 4. The normalized spacial score (nSPS) is 25.4. The number of hydrogen-bond donors (Lipinski definition) is 2. The molecule has 1 amide bonds. The molecular formula is C17H23NO4. The summed E-state index contributed by atoms with van der Waals surface area (Å²) in [5, 5.41) is 19.5. The number of para-hydroxylation sites is 1. The molecule has 0 aromatic heterocycles. The molecule has 0 heterocycles. The molecule has 2 fully saturated rings. The van der Waals surface area contributed by atoms with Crippen molar-refractivity contribution in [1.29, 1.82) is 0 Å². The number of nitrogens with zero attached hydrogens (tertiary/aromatic N) is 1. The van der Waals surface area contributed by atoms with Crippen LogP contribution in [0.1, 0.15) is 43.0 Å². The van der Waals surface area contributed by atoms with Crippen molar-refractivity contribution >= 4 is 5.91 Å². The summed E-state index contributed by atoms with van der Waals surface area (Å²) in [5.74, 6) is -0.860. The number of ether oxygens (including phenoxy) is 1. The molecule has 2 saturated carbocycles. The largest absolute Gasteiger partial charge is 0.504 e. The molecule has 2 N–H and O–H groups in total. The number of rotatable bonds is 4. The Balaban J connectivity index is 1.78. The van der Waals surface area contributed by atoms with Gasteiger partial charge in [0.15, 0.2) is 11.5 Å². The number of phenolic OH excluding ortho intramolecular Hbond substituents is 2. The van der Waals surface area contributed by atoms with Gasteiger partial charge in [0.05, 0.1) is 11.7 Å². The van der Waals surface area contributed by atoms with Gasteiger partial charge < -0.3 is 19.8 Å². The van der Waals surface area contributed by atoms with Crippen molar-refractivity contribution in [2.75, 3.05) is 13.7 Å². The number of phenols is 2. The van der Waals surface area contributed by atoms with Crippen LogP contribution in [-0.4, -0.2) is 46.8 Å². The van der Waals surface area contributed by atoms with Gasteiger partial charge in [-0.15, -0.1) is 0 Å². The Bertz CT molecular complexity index is 582. The maximum absolute atomic E-state index is 12.7. The molecule has 2 aliphatic rings. The average molecular weight is 305 g/mol. The first kappa shape index (κ1) is 15.2. The van der Waals surface area contributed by atoms with E-state index in [9.17, 15) is 15.0 Å². The highest BCUT2D eigenvalue weighted by Gasteiger charge is 2.61. The van der Waals surface area contributed by atoms with Crippen molar-refractivity contribution in [1.82, 2.24) is 4.90 Å². The van der Waals surface area contributed by atoms with Crippen LogP contribution in [0.25, 0.3) is 0 Å². The van der Waals surface area contributed by atoms with E-state index in [2.05, 4.69) is 0 Å². The van der Waals surface area contributed by atoms with E-state index in [1.54, 1.807) is 24.1 Å². The minimum Gasteiger partial charge on any atom is -0.504 e. The fourth-order valence-corrected chi connectivity index (χ4v) is 3.98. The van der Waals surface area contributed by atoms with Gasteiger partial charge in [0, 0.05) is 25.1 Å². The standard InChI is InChI=1S/C17H23NO4/c1-3-22-14-10-13(17(14)8-5-9-17)18(2)16(21)11-6-4-7-12(19)15(11)20/h4,6-7,13-14,19-20H,3,5,8-10H2,1-2H3/t13-,14-/m1/s1. The Hall–Kier alpha value is -1.75. The number of carbonyl (C=O) groups is 1. The lowest BCUT2D eigenvalue weighted by molar-refractivity contribution is -0.192. The fraction of sp³-hybridized carbons (Fsp3) is 0.588. The van der Waals surface area contributed by atoms with E-state index >= 15 is 0 Å². The summed E-state index contributed by atoms with van der Waals surface area (Å²) in [7, 11) is 1.78. The van der Waals surface area contributed by atoms with Crippen LogP contribution in [0.4, 0.5) is 0 Å². The lowest BCUT2D eigenvalue weighted by Gasteiger charge is -2.63. The van der Waals surface area contributed by atoms with E-state index in [0.717, 1.165) is 19.3 Å². The SMILES string of the molecule is CCO[C@@H]1C[C@@H](N(C)C(=O)c2cccc(O)c2O)C12CCC2. The molecule has 1 aromatic carbocycles. The van der Waals surface area contributed by atoms with Crippen molar-refractivity contribution in [2.45, 2.75) is 44.8 Å². The van der Waals surface area contributed by atoms with Crippen LogP contribution in [0, 0.1) is 5.41 Å². The summed E-state index contributed by atoms with van der Waals surface area (Å²) in [6.07, 6.45) is 4.44. The highest BCUT2D eigenvalue weighted by atomic mass is 16.5.